The Morgan fingerprint density at radius 3 is 1.38 bits per heavy atom. The van der Waals surface area contributed by atoms with E-state index in [0.29, 0.717) is 0 Å². The summed E-state index contributed by atoms with van der Waals surface area (Å²) < 4.78 is 6.45. The van der Waals surface area contributed by atoms with Crippen LogP contribution in [0.3, 0.4) is 0 Å². The van der Waals surface area contributed by atoms with E-state index < -0.39 is 0 Å². The fourth-order valence-corrected chi connectivity index (χ4v) is 9.51. The average Bonchev–Trinajstić information content (AvgIpc) is 3.94. The number of hydrogen-bond donors (Lipinski definition) is 0. The fourth-order valence-electron chi connectivity index (χ4n) is 9.51. The largest absolute Gasteiger partial charge is 0.455 e. The number of rotatable bonds is 8. The highest BCUT2D eigenvalue weighted by atomic mass is 16.3. The molecule has 0 fully saturated rings. The molecule has 2 heteroatoms. The smallest absolute Gasteiger partial charge is 0.143 e. The van der Waals surface area contributed by atoms with E-state index in [0.717, 1.165) is 62.1 Å². The lowest BCUT2D eigenvalue weighted by molar-refractivity contribution is 0.670. The van der Waals surface area contributed by atoms with Crippen molar-refractivity contribution in [3.05, 3.63) is 248 Å². The molecular formula is C61H41NO. The monoisotopic (exact) mass is 803 g/mol. The SMILES string of the molecule is c1ccc(-c2cc(-c3ccccc3)cc(-c3ccc(N(c4ccc(-c5ccc6c(c5)-c5ccccc5C6)cc4)c4ccc(-c5cccc6c5oc5ccccc56)cc4)cc3)c2)cc1. The van der Waals surface area contributed by atoms with Crippen molar-refractivity contribution in [1.29, 1.82) is 0 Å². The van der Waals surface area contributed by atoms with Crippen LogP contribution in [-0.2, 0) is 6.42 Å². The van der Waals surface area contributed by atoms with Crippen molar-refractivity contribution in [2.45, 2.75) is 6.42 Å². The van der Waals surface area contributed by atoms with E-state index >= 15 is 0 Å². The molecule has 2 nitrogen and oxygen atoms in total. The van der Waals surface area contributed by atoms with Crippen LogP contribution in [0.1, 0.15) is 11.1 Å². The third-order valence-electron chi connectivity index (χ3n) is 12.7. The lowest BCUT2D eigenvalue weighted by Gasteiger charge is -2.26. The summed E-state index contributed by atoms with van der Waals surface area (Å²) in [4.78, 5) is 2.36. The Morgan fingerprint density at radius 1 is 0.286 bits per heavy atom. The second-order valence-electron chi connectivity index (χ2n) is 16.5. The molecule has 0 N–H and O–H groups in total. The Bertz CT molecular complexity index is 3380. The third-order valence-corrected chi connectivity index (χ3v) is 12.7. The first-order valence-electron chi connectivity index (χ1n) is 21.7. The molecule has 0 aliphatic heterocycles. The maximum atomic E-state index is 6.45. The summed E-state index contributed by atoms with van der Waals surface area (Å²) in [5.74, 6) is 0. The van der Waals surface area contributed by atoms with E-state index in [1.54, 1.807) is 0 Å². The van der Waals surface area contributed by atoms with Gasteiger partial charge in [-0.2, -0.15) is 0 Å². The molecule has 1 aliphatic carbocycles. The van der Waals surface area contributed by atoms with Crippen LogP contribution in [0, 0.1) is 0 Å². The highest BCUT2D eigenvalue weighted by Crippen LogP contribution is 2.42. The Morgan fingerprint density at radius 2 is 0.746 bits per heavy atom. The quantitative estimate of drug-likeness (QED) is 0.152. The first-order valence-corrected chi connectivity index (χ1v) is 21.7. The van der Waals surface area contributed by atoms with Gasteiger partial charge in [-0.3, -0.25) is 0 Å². The molecule has 0 saturated heterocycles. The van der Waals surface area contributed by atoms with Crippen LogP contribution >= 0.6 is 0 Å². The van der Waals surface area contributed by atoms with Crippen molar-refractivity contribution in [2.24, 2.45) is 0 Å². The van der Waals surface area contributed by atoms with Crippen molar-refractivity contribution in [1.82, 2.24) is 0 Å². The molecule has 1 aromatic heterocycles. The predicted octanol–water partition coefficient (Wildman–Crippen LogP) is 17.0. The number of benzene rings is 10. The maximum Gasteiger partial charge on any atom is 0.143 e. The Balaban J connectivity index is 0.933. The highest BCUT2D eigenvalue weighted by Gasteiger charge is 2.20. The number of nitrogens with zero attached hydrogens (tertiary/aromatic N) is 1. The molecule has 12 rings (SSSR count). The number of para-hydroxylation sites is 2. The normalized spacial score (nSPS) is 11.7. The lowest BCUT2D eigenvalue weighted by Crippen LogP contribution is -2.09. The molecule has 0 amide bonds. The van der Waals surface area contributed by atoms with Crippen LogP contribution in [-0.4, -0.2) is 0 Å². The van der Waals surface area contributed by atoms with Gasteiger partial charge in [0.25, 0.3) is 0 Å². The topological polar surface area (TPSA) is 16.4 Å². The molecule has 0 atom stereocenters. The zero-order chi connectivity index (χ0) is 41.7. The van der Waals surface area contributed by atoms with E-state index in [1.165, 1.54) is 61.2 Å². The predicted molar refractivity (Wildman–Crippen MR) is 264 cm³/mol. The van der Waals surface area contributed by atoms with E-state index in [2.05, 4.69) is 229 Å². The van der Waals surface area contributed by atoms with E-state index in [-0.39, 0.29) is 0 Å². The van der Waals surface area contributed by atoms with Crippen LogP contribution in [0.2, 0.25) is 0 Å². The molecule has 0 radical (unpaired) electrons. The van der Waals surface area contributed by atoms with Gasteiger partial charge in [-0.25, -0.2) is 0 Å². The Labute approximate surface area is 367 Å². The third kappa shape index (κ3) is 6.70. The molecule has 10 aromatic carbocycles. The molecule has 63 heavy (non-hydrogen) atoms. The minimum absolute atomic E-state index is 0.905. The van der Waals surface area contributed by atoms with Crippen molar-refractivity contribution >= 4 is 39.0 Å². The summed E-state index contributed by atoms with van der Waals surface area (Å²) in [7, 11) is 0. The van der Waals surface area contributed by atoms with Crippen LogP contribution in [0.15, 0.2) is 241 Å². The van der Waals surface area contributed by atoms with Gasteiger partial charge in [0.05, 0.1) is 0 Å². The van der Waals surface area contributed by atoms with E-state index in [9.17, 15) is 0 Å². The Hall–Kier alpha value is -8.20. The van der Waals surface area contributed by atoms with Crippen molar-refractivity contribution < 1.29 is 4.42 Å². The van der Waals surface area contributed by atoms with Crippen LogP contribution < -0.4 is 4.90 Å². The molecule has 0 saturated carbocycles. The second kappa shape index (κ2) is 15.4. The first kappa shape index (κ1) is 36.6. The van der Waals surface area contributed by atoms with Crippen LogP contribution in [0.25, 0.3) is 88.7 Å². The molecule has 11 aromatic rings. The second-order valence-corrected chi connectivity index (χ2v) is 16.5. The van der Waals surface area contributed by atoms with E-state index in [1.807, 2.05) is 12.1 Å². The first-order chi connectivity index (χ1) is 31.2. The molecular weight excluding hydrogens is 763 g/mol. The number of fused-ring (bicyclic) bond motifs is 6. The summed E-state index contributed by atoms with van der Waals surface area (Å²) in [6, 6.07) is 85.6. The minimum atomic E-state index is 0.905. The highest BCUT2D eigenvalue weighted by molar-refractivity contribution is 6.09. The molecule has 0 unspecified atom stereocenters. The van der Waals surface area contributed by atoms with Gasteiger partial charge >= 0.3 is 0 Å². The number of furan rings is 1. The summed E-state index contributed by atoms with van der Waals surface area (Å²) in [5.41, 5.74) is 22.3. The zero-order valence-corrected chi connectivity index (χ0v) is 34.6. The van der Waals surface area contributed by atoms with Gasteiger partial charge in [0, 0.05) is 33.4 Å². The molecule has 1 heterocycles. The summed E-state index contributed by atoms with van der Waals surface area (Å²) in [6.45, 7) is 0. The molecule has 1 aliphatic rings. The minimum Gasteiger partial charge on any atom is -0.455 e. The summed E-state index contributed by atoms with van der Waals surface area (Å²) in [6.07, 6.45) is 0.997. The van der Waals surface area contributed by atoms with Crippen molar-refractivity contribution in [3.8, 4) is 66.8 Å². The number of hydrogen-bond acceptors (Lipinski definition) is 2. The lowest BCUT2D eigenvalue weighted by atomic mass is 9.93. The van der Waals surface area contributed by atoms with Crippen molar-refractivity contribution in [3.63, 3.8) is 0 Å². The van der Waals surface area contributed by atoms with Gasteiger partial charge < -0.3 is 9.32 Å². The van der Waals surface area contributed by atoms with Crippen molar-refractivity contribution in [2.75, 3.05) is 4.90 Å². The Kier molecular flexibility index (Phi) is 8.93. The standard InChI is InChI=1S/C61H41NO/c1-3-12-41(13-4-1)49-37-50(42-14-5-2-6-15-42)39-51(38-49)44-26-32-53(33-27-44)62(52-30-24-43(25-31-52)46-22-23-48-36-47-16-7-8-17-55(47)59(48)40-46)54-34-28-45(29-35-54)56-19-11-20-58-57-18-9-10-21-60(57)63-61(56)58/h1-35,37-40H,36H2. The van der Waals surface area contributed by atoms with Gasteiger partial charge in [-0.05, 0) is 145 Å². The summed E-state index contributed by atoms with van der Waals surface area (Å²) >= 11 is 0. The summed E-state index contributed by atoms with van der Waals surface area (Å²) in [5, 5.41) is 2.27. The van der Waals surface area contributed by atoms with Gasteiger partial charge in [0.1, 0.15) is 11.2 Å². The van der Waals surface area contributed by atoms with Crippen LogP contribution in [0.4, 0.5) is 17.1 Å². The molecule has 0 spiro atoms. The average molecular weight is 804 g/mol. The molecule has 296 valence electrons. The molecule has 0 bridgehead atoms. The van der Waals surface area contributed by atoms with Gasteiger partial charge in [0.15, 0.2) is 0 Å². The van der Waals surface area contributed by atoms with Gasteiger partial charge in [-0.15, -0.1) is 0 Å². The van der Waals surface area contributed by atoms with Gasteiger partial charge in [-0.1, -0.05) is 170 Å². The maximum absolute atomic E-state index is 6.45. The van der Waals surface area contributed by atoms with Crippen LogP contribution in [0.5, 0.6) is 0 Å². The number of anilines is 3. The van der Waals surface area contributed by atoms with Gasteiger partial charge in [0.2, 0.25) is 0 Å². The van der Waals surface area contributed by atoms with E-state index in [4.69, 9.17) is 4.42 Å². The zero-order valence-electron chi connectivity index (χ0n) is 34.6. The fraction of sp³-hybridized carbons (Fsp3) is 0.0164.